The Morgan fingerprint density at radius 1 is 1.50 bits per heavy atom. The monoisotopic (exact) mass is 239 g/mol. The van der Waals surface area contributed by atoms with Crippen molar-refractivity contribution in [3.05, 3.63) is 15.6 Å². The fourth-order valence-electron chi connectivity index (χ4n) is 1.69. The summed E-state index contributed by atoms with van der Waals surface area (Å²) in [7, 11) is 0. The van der Waals surface area contributed by atoms with Crippen LogP contribution < -0.4 is 0 Å². The van der Waals surface area contributed by atoms with Gasteiger partial charge in [0.2, 0.25) is 0 Å². The lowest BCUT2D eigenvalue weighted by Crippen LogP contribution is -2.08. The van der Waals surface area contributed by atoms with Crippen molar-refractivity contribution in [3.8, 4) is 0 Å². The standard InChI is InChI=1S/C12H17NO2S/c1-12(2,3)6-8-13-9(7-4-5-7)10(16-8)11(14)15/h7H,4-6H2,1-3H3,(H,14,15). The van der Waals surface area contributed by atoms with E-state index >= 15 is 0 Å². The molecule has 1 aromatic heterocycles. The van der Waals surface area contributed by atoms with Gasteiger partial charge in [-0.1, -0.05) is 20.8 Å². The summed E-state index contributed by atoms with van der Waals surface area (Å²) in [5.41, 5.74) is 0.991. The summed E-state index contributed by atoms with van der Waals surface area (Å²) in [6.45, 7) is 6.43. The second-order valence-electron chi connectivity index (χ2n) is 5.64. The summed E-state index contributed by atoms with van der Waals surface area (Å²) in [6, 6.07) is 0. The lowest BCUT2D eigenvalue weighted by molar-refractivity contribution is 0.0700. The molecule has 16 heavy (non-hydrogen) atoms. The van der Waals surface area contributed by atoms with E-state index in [-0.39, 0.29) is 5.41 Å². The molecule has 0 atom stereocenters. The summed E-state index contributed by atoms with van der Waals surface area (Å²) in [4.78, 5) is 16.1. The summed E-state index contributed by atoms with van der Waals surface area (Å²) in [6.07, 6.45) is 3.04. The average molecular weight is 239 g/mol. The van der Waals surface area contributed by atoms with Crippen LogP contribution in [0.25, 0.3) is 0 Å². The van der Waals surface area contributed by atoms with E-state index in [0.29, 0.717) is 10.8 Å². The minimum Gasteiger partial charge on any atom is -0.477 e. The number of aromatic carboxylic acids is 1. The molecule has 3 nitrogen and oxygen atoms in total. The van der Waals surface area contributed by atoms with E-state index in [1.165, 1.54) is 11.3 Å². The average Bonchev–Trinajstić information content (AvgIpc) is 2.86. The van der Waals surface area contributed by atoms with Crippen LogP contribution in [0.2, 0.25) is 0 Å². The van der Waals surface area contributed by atoms with Crippen molar-refractivity contribution in [2.45, 2.75) is 46.0 Å². The molecule has 0 bridgehead atoms. The maximum atomic E-state index is 11.1. The molecule has 0 spiro atoms. The van der Waals surface area contributed by atoms with Crippen LogP contribution in [0.5, 0.6) is 0 Å². The minimum atomic E-state index is -0.820. The third kappa shape index (κ3) is 2.61. The third-order valence-corrected chi connectivity index (χ3v) is 3.60. The van der Waals surface area contributed by atoms with Crippen LogP contribution in [0, 0.1) is 5.41 Å². The van der Waals surface area contributed by atoms with Gasteiger partial charge in [-0.15, -0.1) is 11.3 Å². The summed E-state index contributed by atoms with van der Waals surface area (Å²) in [5.74, 6) is -0.407. The predicted octanol–water partition coefficient (Wildman–Crippen LogP) is 3.31. The molecule has 4 heteroatoms. The van der Waals surface area contributed by atoms with E-state index in [1.54, 1.807) is 0 Å². The highest BCUT2D eigenvalue weighted by atomic mass is 32.1. The van der Waals surface area contributed by atoms with Crippen LogP contribution in [-0.2, 0) is 6.42 Å². The van der Waals surface area contributed by atoms with E-state index in [1.807, 2.05) is 0 Å². The van der Waals surface area contributed by atoms with Crippen molar-refractivity contribution < 1.29 is 9.90 Å². The zero-order valence-electron chi connectivity index (χ0n) is 9.91. The first-order chi connectivity index (χ1) is 7.37. The zero-order valence-corrected chi connectivity index (χ0v) is 10.7. The molecule has 1 saturated carbocycles. The molecular weight excluding hydrogens is 222 g/mol. The van der Waals surface area contributed by atoms with E-state index in [9.17, 15) is 4.79 Å². The van der Waals surface area contributed by atoms with E-state index in [2.05, 4.69) is 25.8 Å². The molecule has 0 saturated heterocycles. The Kier molecular flexibility index (Phi) is 2.78. The van der Waals surface area contributed by atoms with Gasteiger partial charge in [-0.3, -0.25) is 0 Å². The first kappa shape index (κ1) is 11.6. The predicted molar refractivity (Wildman–Crippen MR) is 64.2 cm³/mol. The fourth-order valence-corrected chi connectivity index (χ4v) is 2.98. The lowest BCUT2D eigenvalue weighted by Gasteiger charge is -2.15. The van der Waals surface area contributed by atoms with Gasteiger partial charge in [0.15, 0.2) is 0 Å². The number of rotatable bonds is 3. The summed E-state index contributed by atoms with van der Waals surface area (Å²) < 4.78 is 0. The highest BCUT2D eigenvalue weighted by molar-refractivity contribution is 7.13. The SMILES string of the molecule is CC(C)(C)Cc1nc(C2CC2)c(C(=O)O)s1. The lowest BCUT2D eigenvalue weighted by atomic mass is 9.93. The van der Waals surface area contributed by atoms with Crippen LogP contribution in [0.4, 0.5) is 0 Å². The molecule has 88 valence electrons. The number of carboxylic acid groups (broad SMARTS) is 1. The zero-order chi connectivity index (χ0) is 11.9. The number of hydrogen-bond donors (Lipinski definition) is 1. The number of hydrogen-bond acceptors (Lipinski definition) is 3. The fraction of sp³-hybridized carbons (Fsp3) is 0.667. The Balaban J connectivity index is 2.27. The van der Waals surface area contributed by atoms with Crippen molar-refractivity contribution in [3.63, 3.8) is 0 Å². The van der Waals surface area contributed by atoms with Crippen LogP contribution in [0.15, 0.2) is 0 Å². The molecule has 2 rings (SSSR count). The van der Waals surface area contributed by atoms with Gasteiger partial charge in [-0.25, -0.2) is 9.78 Å². The van der Waals surface area contributed by atoms with Gasteiger partial charge >= 0.3 is 5.97 Å². The van der Waals surface area contributed by atoms with Gasteiger partial charge in [0.05, 0.1) is 10.7 Å². The molecule has 0 unspecified atom stereocenters. The van der Waals surface area contributed by atoms with Crippen LogP contribution in [0.1, 0.15) is 59.9 Å². The van der Waals surface area contributed by atoms with Gasteiger partial charge in [-0.2, -0.15) is 0 Å². The molecular formula is C12H17NO2S. The quantitative estimate of drug-likeness (QED) is 0.880. The normalized spacial score (nSPS) is 16.4. The largest absolute Gasteiger partial charge is 0.477 e. The molecule has 0 aliphatic heterocycles. The summed E-state index contributed by atoms with van der Waals surface area (Å²) >= 11 is 1.35. The second-order valence-corrected chi connectivity index (χ2v) is 6.72. The van der Waals surface area contributed by atoms with Crippen LogP contribution >= 0.6 is 11.3 Å². The third-order valence-electron chi connectivity index (χ3n) is 2.54. The molecule has 1 aromatic rings. The van der Waals surface area contributed by atoms with Gasteiger partial charge in [-0.05, 0) is 18.3 Å². The van der Waals surface area contributed by atoms with Crippen molar-refractivity contribution in [1.29, 1.82) is 0 Å². The molecule has 1 N–H and O–H groups in total. The highest BCUT2D eigenvalue weighted by Crippen LogP contribution is 2.43. The maximum Gasteiger partial charge on any atom is 0.347 e. The molecule has 0 radical (unpaired) electrons. The number of carboxylic acids is 1. The Hall–Kier alpha value is -0.900. The molecule has 1 aliphatic carbocycles. The highest BCUT2D eigenvalue weighted by Gasteiger charge is 2.32. The molecule has 1 fully saturated rings. The number of aromatic nitrogens is 1. The number of carbonyl (C=O) groups is 1. The molecule has 1 heterocycles. The van der Waals surface area contributed by atoms with Crippen molar-refractivity contribution in [1.82, 2.24) is 4.98 Å². The smallest absolute Gasteiger partial charge is 0.347 e. The van der Waals surface area contributed by atoms with Crippen LogP contribution in [0.3, 0.4) is 0 Å². The van der Waals surface area contributed by atoms with Gasteiger partial charge in [0.1, 0.15) is 4.88 Å². The Bertz CT molecular complexity index is 413. The number of thiazole rings is 1. The molecule has 0 amide bonds. The first-order valence-corrected chi connectivity index (χ1v) is 6.41. The van der Waals surface area contributed by atoms with Crippen molar-refractivity contribution >= 4 is 17.3 Å². The van der Waals surface area contributed by atoms with Crippen LogP contribution in [-0.4, -0.2) is 16.1 Å². The van der Waals surface area contributed by atoms with Gasteiger partial charge in [0.25, 0.3) is 0 Å². The number of nitrogens with zero attached hydrogens (tertiary/aromatic N) is 1. The Labute approximate surface area is 99.5 Å². The molecule has 0 aromatic carbocycles. The van der Waals surface area contributed by atoms with E-state index in [4.69, 9.17) is 5.11 Å². The topological polar surface area (TPSA) is 50.2 Å². The van der Waals surface area contributed by atoms with Gasteiger partial charge < -0.3 is 5.11 Å². The maximum absolute atomic E-state index is 11.1. The minimum absolute atomic E-state index is 0.161. The first-order valence-electron chi connectivity index (χ1n) is 5.60. The molecule has 1 aliphatic rings. The Morgan fingerprint density at radius 3 is 2.56 bits per heavy atom. The summed E-state index contributed by atoms with van der Waals surface area (Å²) in [5, 5.41) is 10.1. The second kappa shape index (κ2) is 3.84. The van der Waals surface area contributed by atoms with E-state index in [0.717, 1.165) is 30.0 Å². The van der Waals surface area contributed by atoms with E-state index < -0.39 is 5.97 Å². The van der Waals surface area contributed by atoms with Crippen molar-refractivity contribution in [2.24, 2.45) is 5.41 Å². The van der Waals surface area contributed by atoms with Crippen molar-refractivity contribution in [2.75, 3.05) is 0 Å². The Morgan fingerprint density at radius 2 is 2.12 bits per heavy atom. The van der Waals surface area contributed by atoms with Gasteiger partial charge in [0, 0.05) is 12.3 Å².